The van der Waals surface area contributed by atoms with Gasteiger partial charge < -0.3 is 10.5 Å². The number of nitrogens with two attached hydrogens (primary N) is 1. The number of halogens is 1. The number of hydrogen-bond donors (Lipinski definition) is 1. The van der Waals surface area contributed by atoms with Gasteiger partial charge in [-0.1, -0.05) is 18.5 Å². The van der Waals surface area contributed by atoms with Crippen molar-refractivity contribution in [3.63, 3.8) is 0 Å². The lowest BCUT2D eigenvalue weighted by Gasteiger charge is -2.19. The molecule has 4 heteroatoms. The maximum Gasteiger partial charge on any atom is 0.106 e. The molecule has 0 spiro atoms. The van der Waals surface area contributed by atoms with Gasteiger partial charge in [0.1, 0.15) is 6.10 Å². The van der Waals surface area contributed by atoms with E-state index in [4.69, 9.17) is 22.1 Å². The van der Waals surface area contributed by atoms with Crippen molar-refractivity contribution in [2.45, 2.75) is 25.5 Å². The molecule has 2 N–H and O–H groups in total. The molecule has 0 fully saturated rings. The monoisotopic (exact) mass is 219 g/mol. The van der Waals surface area contributed by atoms with Gasteiger partial charge in [0.25, 0.3) is 0 Å². The second kappa shape index (κ2) is 4.96. The lowest BCUT2D eigenvalue weighted by atomic mass is 10.1. The molecular weight excluding hydrogens is 206 g/mol. The highest BCUT2D eigenvalue weighted by Gasteiger charge is 2.19. The van der Waals surface area contributed by atoms with Gasteiger partial charge in [-0.15, -0.1) is 11.3 Å². The molecule has 2 unspecified atom stereocenters. The van der Waals surface area contributed by atoms with E-state index in [1.54, 1.807) is 7.11 Å². The molecule has 0 saturated carbocycles. The Labute approximate surface area is 87.7 Å². The number of hydrogen-bond acceptors (Lipinski definition) is 3. The maximum atomic E-state index is 5.91. The lowest BCUT2D eigenvalue weighted by molar-refractivity contribution is 0.0820. The second-order valence-electron chi connectivity index (χ2n) is 2.87. The van der Waals surface area contributed by atoms with Crippen LogP contribution in [-0.2, 0) is 4.74 Å². The highest BCUT2D eigenvalue weighted by atomic mass is 35.5. The quantitative estimate of drug-likeness (QED) is 0.845. The molecule has 0 radical (unpaired) electrons. The summed E-state index contributed by atoms with van der Waals surface area (Å²) in [6.07, 6.45) is 0.871. The van der Waals surface area contributed by atoms with Gasteiger partial charge in [0.15, 0.2) is 0 Å². The fourth-order valence-electron chi connectivity index (χ4n) is 1.20. The fourth-order valence-corrected chi connectivity index (χ4v) is 2.41. The smallest absolute Gasteiger partial charge is 0.106 e. The van der Waals surface area contributed by atoms with Crippen LogP contribution < -0.4 is 5.73 Å². The Morgan fingerprint density at radius 1 is 1.62 bits per heavy atom. The third kappa shape index (κ3) is 2.68. The van der Waals surface area contributed by atoms with Gasteiger partial charge in [-0.3, -0.25) is 0 Å². The molecule has 74 valence electrons. The summed E-state index contributed by atoms with van der Waals surface area (Å²) in [7, 11) is 1.67. The largest absolute Gasteiger partial charge is 0.374 e. The lowest BCUT2D eigenvalue weighted by Crippen LogP contribution is -2.28. The molecule has 1 rings (SSSR count). The molecular formula is C9H14ClNOS. The van der Waals surface area contributed by atoms with Gasteiger partial charge in [0, 0.05) is 18.0 Å². The standard InChI is InChI=1S/C9H14ClNOS/c1-3-6(11)9(12-2)7-4-5-8(10)13-7/h4-6,9H,3,11H2,1-2H3. The Bertz CT molecular complexity index is 264. The first-order valence-electron chi connectivity index (χ1n) is 4.22. The molecule has 0 saturated heterocycles. The molecule has 0 aliphatic carbocycles. The van der Waals surface area contributed by atoms with Gasteiger partial charge in [0.2, 0.25) is 0 Å². The fraction of sp³-hybridized carbons (Fsp3) is 0.556. The highest BCUT2D eigenvalue weighted by molar-refractivity contribution is 7.16. The summed E-state index contributed by atoms with van der Waals surface area (Å²) in [6, 6.07) is 3.88. The summed E-state index contributed by atoms with van der Waals surface area (Å²) < 4.78 is 6.11. The van der Waals surface area contributed by atoms with Gasteiger partial charge >= 0.3 is 0 Å². The second-order valence-corrected chi connectivity index (χ2v) is 4.62. The number of rotatable bonds is 4. The molecule has 0 bridgehead atoms. The van der Waals surface area contributed by atoms with Crippen LogP contribution in [0.4, 0.5) is 0 Å². The first-order valence-corrected chi connectivity index (χ1v) is 5.42. The molecule has 0 aliphatic rings. The van der Waals surface area contributed by atoms with Crippen molar-refractivity contribution in [3.8, 4) is 0 Å². The number of thiophene rings is 1. The summed E-state index contributed by atoms with van der Waals surface area (Å²) in [6.45, 7) is 2.05. The van der Waals surface area contributed by atoms with Gasteiger partial charge in [-0.2, -0.15) is 0 Å². The number of methoxy groups -OCH3 is 1. The summed E-state index contributed by atoms with van der Waals surface area (Å²) in [5.41, 5.74) is 5.91. The zero-order chi connectivity index (χ0) is 9.84. The first kappa shape index (κ1) is 11.0. The first-order chi connectivity index (χ1) is 6.19. The normalized spacial score (nSPS) is 15.7. The minimum absolute atomic E-state index is 0.0255. The Balaban J connectivity index is 2.77. The predicted octanol–water partition coefficient (Wildman–Crippen LogP) is 2.83. The zero-order valence-corrected chi connectivity index (χ0v) is 9.36. The molecule has 1 aromatic rings. The van der Waals surface area contributed by atoms with Crippen LogP contribution in [0.25, 0.3) is 0 Å². The summed E-state index contributed by atoms with van der Waals surface area (Å²) >= 11 is 7.36. The zero-order valence-electron chi connectivity index (χ0n) is 7.79. The molecule has 0 amide bonds. The van der Waals surface area contributed by atoms with Crippen LogP contribution in [0.5, 0.6) is 0 Å². The molecule has 1 heterocycles. The average Bonchev–Trinajstić information content (AvgIpc) is 2.53. The Kier molecular flexibility index (Phi) is 4.19. The molecule has 1 aromatic heterocycles. The average molecular weight is 220 g/mol. The van der Waals surface area contributed by atoms with Crippen molar-refractivity contribution in [2.24, 2.45) is 5.73 Å². The van der Waals surface area contributed by atoms with Crippen LogP contribution in [0.2, 0.25) is 4.34 Å². The van der Waals surface area contributed by atoms with Gasteiger partial charge in [0.05, 0.1) is 4.34 Å². The minimum Gasteiger partial charge on any atom is -0.374 e. The summed E-state index contributed by atoms with van der Waals surface area (Å²) in [4.78, 5) is 1.10. The van der Waals surface area contributed by atoms with Crippen LogP contribution in [0.3, 0.4) is 0 Å². The van der Waals surface area contributed by atoms with Crippen LogP contribution in [0, 0.1) is 0 Å². The molecule has 0 aliphatic heterocycles. The van der Waals surface area contributed by atoms with Gasteiger partial charge in [-0.25, -0.2) is 0 Å². The molecule has 2 nitrogen and oxygen atoms in total. The molecule has 13 heavy (non-hydrogen) atoms. The van der Waals surface area contributed by atoms with Crippen molar-refractivity contribution in [3.05, 3.63) is 21.3 Å². The van der Waals surface area contributed by atoms with Crippen molar-refractivity contribution < 1.29 is 4.74 Å². The molecule has 0 aromatic carbocycles. The van der Waals surface area contributed by atoms with E-state index in [1.807, 2.05) is 19.1 Å². The van der Waals surface area contributed by atoms with E-state index in [9.17, 15) is 0 Å². The van der Waals surface area contributed by atoms with Gasteiger partial charge in [-0.05, 0) is 18.6 Å². The van der Waals surface area contributed by atoms with Crippen molar-refractivity contribution in [1.29, 1.82) is 0 Å². The van der Waals surface area contributed by atoms with E-state index in [1.165, 1.54) is 11.3 Å². The Morgan fingerprint density at radius 2 is 2.31 bits per heavy atom. The van der Waals surface area contributed by atoms with Crippen LogP contribution in [0.1, 0.15) is 24.3 Å². The predicted molar refractivity (Wildman–Crippen MR) is 57.3 cm³/mol. The third-order valence-corrected chi connectivity index (χ3v) is 3.28. The van der Waals surface area contributed by atoms with Crippen LogP contribution >= 0.6 is 22.9 Å². The Hall–Kier alpha value is -0.0900. The summed E-state index contributed by atoms with van der Waals surface area (Å²) in [5, 5.41) is 0. The van der Waals surface area contributed by atoms with E-state index in [0.717, 1.165) is 15.6 Å². The third-order valence-electron chi connectivity index (χ3n) is 1.99. The van der Waals surface area contributed by atoms with E-state index >= 15 is 0 Å². The van der Waals surface area contributed by atoms with Crippen molar-refractivity contribution in [1.82, 2.24) is 0 Å². The topological polar surface area (TPSA) is 35.2 Å². The van der Waals surface area contributed by atoms with Crippen molar-refractivity contribution >= 4 is 22.9 Å². The molecule has 2 atom stereocenters. The van der Waals surface area contributed by atoms with Crippen LogP contribution in [0.15, 0.2) is 12.1 Å². The number of ether oxygens (including phenoxy) is 1. The Morgan fingerprint density at radius 3 is 2.69 bits per heavy atom. The van der Waals surface area contributed by atoms with E-state index < -0.39 is 0 Å². The minimum atomic E-state index is -0.0255. The van der Waals surface area contributed by atoms with Crippen molar-refractivity contribution in [2.75, 3.05) is 7.11 Å². The van der Waals surface area contributed by atoms with E-state index in [0.29, 0.717) is 0 Å². The van der Waals surface area contributed by atoms with E-state index in [-0.39, 0.29) is 12.1 Å². The van der Waals surface area contributed by atoms with E-state index in [2.05, 4.69) is 0 Å². The highest BCUT2D eigenvalue weighted by Crippen LogP contribution is 2.30. The van der Waals surface area contributed by atoms with Crippen LogP contribution in [-0.4, -0.2) is 13.2 Å². The summed E-state index contributed by atoms with van der Waals surface area (Å²) in [5.74, 6) is 0. The SMILES string of the molecule is CCC(N)C(OC)c1ccc(Cl)s1. The maximum absolute atomic E-state index is 5.91.